The molecule has 1 aliphatic rings. The summed E-state index contributed by atoms with van der Waals surface area (Å²) in [5.74, 6) is 2.05. The van der Waals surface area contributed by atoms with Gasteiger partial charge in [0.15, 0.2) is 0 Å². The average molecular weight is 253 g/mol. The zero-order valence-corrected chi connectivity index (χ0v) is 11.5. The maximum absolute atomic E-state index is 5.94. The highest BCUT2D eigenvalue weighted by molar-refractivity contribution is 5.68. The smallest absolute Gasteiger partial charge is 0.130 e. The molecule has 1 aromatic carbocycles. The number of hydrogen-bond donors (Lipinski definition) is 1. The molecule has 0 aliphatic heterocycles. The fourth-order valence-electron chi connectivity index (χ4n) is 2.61. The monoisotopic (exact) mass is 253 g/mol. The molecule has 0 amide bonds. The van der Waals surface area contributed by atoms with Crippen LogP contribution in [-0.4, -0.2) is 9.97 Å². The van der Waals surface area contributed by atoms with Gasteiger partial charge in [0.2, 0.25) is 0 Å². The van der Waals surface area contributed by atoms with E-state index in [1.807, 2.05) is 13.8 Å². The third-order valence-corrected chi connectivity index (χ3v) is 4.03. The summed E-state index contributed by atoms with van der Waals surface area (Å²) in [4.78, 5) is 8.77. The molecule has 0 atom stereocenters. The minimum atomic E-state index is 0.580. The van der Waals surface area contributed by atoms with Gasteiger partial charge >= 0.3 is 0 Å². The summed E-state index contributed by atoms with van der Waals surface area (Å²) in [7, 11) is 0. The molecular weight excluding hydrogens is 234 g/mol. The number of aromatic nitrogens is 2. The number of hydrogen-bond acceptors (Lipinski definition) is 3. The number of nitrogens with zero attached hydrogens (tertiary/aromatic N) is 2. The highest BCUT2D eigenvalue weighted by Gasteiger charge is 2.20. The maximum Gasteiger partial charge on any atom is 0.130 e. The Bertz CT molecular complexity index is 615. The molecular formula is C16H19N3. The third-order valence-electron chi connectivity index (χ3n) is 4.03. The van der Waals surface area contributed by atoms with E-state index < -0.39 is 0 Å². The summed E-state index contributed by atoms with van der Waals surface area (Å²) in [6, 6.07) is 8.71. The van der Waals surface area contributed by atoms with Crippen molar-refractivity contribution in [1.29, 1.82) is 0 Å². The lowest BCUT2D eigenvalue weighted by Crippen LogP contribution is -2.08. The van der Waals surface area contributed by atoms with E-state index in [2.05, 4.69) is 34.2 Å². The predicted molar refractivity (Wildman–Crippen MR) is 77.9 cm³/mol. The molecule has 3 nitrogen and oxygen atoms in total. The van der Waals surface area contributed by atoms with E-state index in [4.69, 9.17) is 5.73 Å². The molecule has 1 saturated carbocycles. The lowest BCUT2D eigenvalue weighted by Gasteiger charge is -2.26. The van der Waals surface area contributed by atoms with Crippen LogP contribution in [0, 0.1) is 13.8 Å². The quantitative estimate of drug-likeness (QED) is 0.889. The largest absolute Gasteiger partial charge is 0.383 e. The van der Waals surface area contributed by atoms with E-state index in [1.54, 1.807) is 0 Å². The Kier molecular flexibility index (Phi) is 2.97. The molecule has 1 fully saturated rings. The van der Waals surface area contributed by atoms with Gasteiger partial charge in [-0.3, -0.25) is 0 Å². The second-order valence-electron chi connectivity index (χ2n) is 5.38. The summed E-state index contributed by atoms with van der Waals surface area (Å²) in [5, 5.41) is 0. The molecule has 1 aliphatic carbocycles. The Balaban J connectivity index is 2.06. The van der Waals surface area contributed by atoms with E-state index in [-0.39, 0.29) is 0 Å². The topological polar surface area (TPSA) is 51.8 Å². The van der Waals surface area contributed by atoms with Crippen LogP contribution in [0.3, 0.4) is 0 Å². The van der Waals surface area contributed by atoms with Crippen LogP contribution >= 0.6 is 0 Å². The SMILES string of the molecule is Cc1nc(N)c(C)c(-c2cccc(C3CCC3)c2)n1. The van der Waals surface area contributed by atoms with E-state index in [0.717, 1.165) is 28.6 Å². The molecule has 1 heterocycles. The minimum absolute atomic E-state index is 0.580. The van der Waals surface area contributed by atoms with Gasteiger partial charge in [-0.05, 0) is 44.2 Å². The van der Waals surface area contributed by atoms with Gasteiger partial charge in [-0.25, -0.2) is 9.97 Å². The number of benzene rings is 1. The Labute approximate surface area is 113 Å². The van der Waals surface area contributed by atoms with Crippen molar-refractivity contribution in [2.45, 2.75) is 39.0 Å². The Morgan fingerprint density at radius 1 is 1.16 bits per heavy atom. The summed E-state index contributed by atoms with van der Waals surface area (Å²) >= 11 is 0. The van der Waals surface area contributed by atoms with Crippen LogP contribution in [0.1, 0.15) is 42.1 Å². The molecule has 3 heteroatoms. The lowest BCUT2D eigenvalue weighted by molar-refractivity contribution is 0.420. The second-order valence-corrected chi connectivity index (χ2v) is 5.38. The molecule has 0 saturated heterocycles. The fraction of sp³-hybridized carbons (Fsp3) is 0.375. The van der Waals surface area contributed by atoms with E-state index in [9.17, 15) is 0 Å². The van der Waals surface area contributed by atoms with Crippen LogP contribution in [0.4, 0.5) is 5.82 Å². The van der Waals surface area contributed by atoms with Crippen LogP contribution < -0.4 is 5.73 Å². The van der Waals surface area contributed by atoms with Gasteiger partial charge in [0, 0.05) is 11.1 Å². The molecule has 0 radical (unpaired) electrons. The van der Waals surface area contributed by atoms with Crippen LogP contribution in [0.25, 0.3) is 11.3 Å². The highest BCUT2D eigenvalue weighted by Crippen LogP contribution is 2.37. The molecule has 19 heavy (non-hydrogen) atoms. The molecule has 2 aromatic rings. The number of nitrogen functional groups attached to an aromatic ring is 1. The molecule has 0 unspecified atom stereocenters. The first-order valence-electron chi connectivity index (χ1n) is 6.86. The first-order valence-corrected chi connectivity index (χ1v) is 6.86. The normalized spacial score (nSPS) is 15.3. The Hall–Kier alpha value is -1.90. The number of aryl methyl sites for hydroxylation is 1. The maximum atomic E-state index is 5.94. The van der Waals surface area contributed by atoms with E-state index >= 15 is 0 Å². The van der Waals surface area contributed by atoms with Crippen molar-refractivity contribution in [3.05, 3.63) is 41.2 Å². The molecule has 0 bridgehead atoms. The van der Waals surface area contributed by atoms with E-state index in [0.29, 0.717) is 5.82 Å². The molecule has 2 N–H and O–H groups in total. The van der Waals surface area contributed by atoms with E-state index in [1.165, 1.54) is 24.8 Å². The van der Waals surface area contributed by atoms with Gasteiger partial charge in [-0.1, -0.05) is 24.6 Å². The third kappa shape index (κ3) is 2.21. The first kappa shape index (κ1) is 12.2. The van der Waals surface area contributed by atoms with Gasteiger partial charge in [-0.2, -0.15) is 0 Å². The average Bonchev–Trinajstić information content (AvgIpc) is 2.32. The highest BCUT2D eigenvalue weighted by atomic mass is 14.9. The summed E-state index contributed by atoms with van der Waals surface area (Å²) in [6.07, 6.45) is 3.98. The van der Waals surface area contributed by atoms with Gasteiger partial charge in [0.1, 0.15) is 11.6 Å². The fourth-order valence-corrected chi connectivity index (χ4v) is 2.61. The summed E-state index contributed by atoms with van der Waals surface area (Å²) in [6.45, 7) is 3.87. The predicted octanol–water partition coefficient (Wildman–Crippen LogP) is 3.61. The van der Waals surface area contributed by atoms with Gasteiger partial charge in [0.05, 0.1) is 5.69 Å². The number of nitrogens with two attached hydrogens (primary N) is 1. The van der Waals surface area contributed by atoms with Crippen molar-refractivity contribution in [3.8, 4) is 11.3 Å². The van der Waals surface area contributed by atoms with Crippen molar-refractivity contribution in [1.82, 2.24) is 9.97 Å². The molecule has 98 valence electrons. The molecule has 1 aromatic heterocycles. The molecule has 3 rings (SSSR count). The first-order chi connectivity index (χ1) is 9.15. The zero-order valence-electron chi connectivity index (χ0n) is 11.5. The Morgan fingerprint density at radius 3 is 2.63 bits per heavy atom. The second kappa shape index (κ2) is 4.65. The van der Waals surface area contributed by atoms with Crippen molar-refractivity contribution in [2.75, 3.05) is 5.73 Å². The van der Waals surface area contributed by atoms with Gasteiger partial charge in [0.25, 0.3) is 0 Å². The Morgan fingerprint density at radius 2 is 1.95 bits per heavy atom. The zero-order chi connectivity index (χ0) is 13.4. The van der Waals surface area contributed by atoms with Crippen LogP contribution in [0.2, 0.25) is 0 Å². The van der Waals surface area contributed by atoms with Crippen molar-refractivity contribution < 1.29 is 0 Å². The van der Waals surface area contributed by atoms with Crippen LogP contribution in [0.15, 0.2) is 24.3 Å². The standard InChI is InChI=1S/C16H19N3/c1-10-15(18-11(2)19-16(10)17)14-8-4-7-13(9-14)12-5-3-6-12/h4,7-9,12H,3,5-6H2,1-2H3,(H2,17,18,19). The summed E-state index contributed by atoms with van der Waals surface area (Å²) in [5.41, 5.74) is 10.5. The number of rotatable bonds is 2. The van der Waals surface area contributed by atoms with Gasteiger partial charge in [-0.15, -0.1) is 0 Å². The van der Waals surface area contributed by atoms with Crippen LogP contribution in [-0.2, 0) is 0 Å². The van der Waals surface area contributed by atoms with Crippen molar-refractivity contribution in [3.63, 3.8) is 0 Å². The molecule has 0 spiro atoms. The van der Waals surface area contributed by atoms with Gasteiger partial charge < -0.3 is 5.73 Å². The lowest BCUT2D eigenvalue weighted by atomic mass is 9.79. The van der Waals surface area contributed by atoms with Crippen molar-refractivity contribution >= 4 is 5.82 Å². The minimum Gasteiger partial charge on any atom is -0.383 e. The summed E-state index contributed by atoms with van der Waals surface area (Å²) < 4.78 is 0. The van der Waals surface area contributed by atoms with Crippen molar-refractivity contribution in [2.24, 2.45) is 0 Å². The number of anilines is 1. The van der Waals surface area contributed by atoms with Crippen LogP contribution in [0.5, 0.6) is 0 Å².